The molecular weight excluding hydrogens is 335 g/mol. The van der Waals surface area contributed by atoms with Crippen LogP contribution < -0.4 is 4.74 Å². The molecule has 144 valence electrons. The molecule has 0 radical (unpaired) electrons. The van der Waals surface area contributed by atoms with Crippen molar-refractivity contribution in [1.29, 1.82) is 0 Å². The molecule has 26 heavy (non-hydrogen) atoms. The number of halogens is 1. The first-order chi connectivity index (χ1) is 12.5. The van der Waals surface area contributed by atoms with Crippen LogP contribution in [0.25, 0.3) is 0 Å². The van der Waals surface area contributed by atoms with E-state index in [9.17, 15) is 9.18 Å². The van der Waals surface area contributed by atoms with Gasteiger partial charge in [0.15, 0.2) is 0 Å². The number of likely N-dealkylation sites (tertiary alicyclic amines) is 2. The molecule has 2 saturated heterocycles. The third kappa shape index (κ3) is 4.35. The van der Waals surface area contributed by atoms with Gasteiger partial charge in [-0.3, -0.25) is 9.69 Å². The Morgan fingerprint density at radius 2 is 2.15 bits per heavy atom. The van der Waals surface area contributed by atoms with E-state index in [4.69, 9.17) is 9.84 Å². The van der Waals surface area contributed by atoms with Crippen LogP contribution in [0.1, 0.15) is 37.7 Å². The Morgan fingerprint density at radius 1 is 1.31 bits per heavy atom. The van der Waals surface area contributed by atoms with Gasteiger partial charge in [-0.2, -0.15) is 0 Å². The van der Waals surface area contributed by atoms with E-state index in [0.717, 1.165) is 38.9 Å². The van der Waals surface area contributed by atoms with Gasteiger partial charge < -0.3 is 14.7 Å². The molecule has 6 heteroatoms. The number of rotatable bonds is 6. The van der Waals surface area contributed by atoms with E-state index in [0.29, 0.717) is 37.2 Å². The molecule has 2 aliphatic rings. The van der Waals surface area contributed by atoms with Gasteiger partial charge in [0.05, 0.1) is 7.11 Å². The summed E-state index contributed by atoms with van der Waals surface area (Å²) in [5.74, 6) is 0.501. The molecule has 0 saturated carbocycles. The minimum absolute atomic E-state index is 0.102. The summed E-state index contributed by atoms with van der Waals surface area (Å²) in [6.45, 7) is 3.93. The van der Waals surface area contributed by atoms with Crippen LogP contribution in [0.15, 0.2) is 18.2 Å². The highest BCUT2D eigenvalue weighted by Gasteiger charge is 2.41. The second-order valence-corrected chi connectivity index (χ2v) is 7.66. The van der Waals surface area contributed by atoms with Crippen LogP contribution in [0.5, 0.6) is 5.75 Å². The lowest BCUT2D eigenvalue weighted by Gasteiger charge is -2.48. The topological polar surface area (TPSA) is 53.0 Å². The summed E-state index contributed by atoms with van der Waals surface area (Å²) in [6.07, 6.45) is 4.29. The minimum Gasteiger partial charge on any atom is -0.497 e. The average Bonchev–Trinajstić information content (AvgIpc) is 2.64. The van der Waals surface area contributed by atoms with E-state index in [1.165, 1.54) is 13.2 Å². The summed E-state index contributed by atoms with van der Waals surface area (Å²) in [5.41, 5.74) is 0.789. The number of hydrogen-bond donors (Lipinski definition) is 1. The molecule has 5 nitrogen and oxygen atoms in total. The molecule has 0 aliphatic carbocycles. The van der Waals surface area contributed by atoms with Crippen molar-refractivity contribution in [3.8, 4) is 5.75 Å². The molecule has 1 atom stereocenters. The number of amides is 1. The number of ether oxygens (including phenoxy) is 1. The van der Waals surface area contributed by atoms with Gasteiger partial charge in [0.2, 0.25) is 5.91 Å². The van der Waals surface area contributed by atoms with Crippen LogP contribution >= 0.6 is 0 Å². The van der Waals surface area contributed by atoms with Crippen molar-refractivity contribution in [2.24, 2.45) is 5.41 Å². The van der Waals surface area contributed by atoms with Gasteiger partial charge in [0, 0.05) is 56.3 Å². The molecule has 0 aromatic heterocycles. The molecule has 1 aromatic carbocycles. The highest BCUT2D eigenvalue weighted by atomic mass is 19.1. The fourth-order valence-corrected chi connectivity index (χ4v) is 4.37. The number of aliphatic hydroxyl groups excluding tert-OH is 1. The van der Waals surface area contributed by atoms with Gasteiger partial charge in [0.25, 0.3) is 0 Å². The Labute approximate surface area is 154 Å². The van der Waals surface area contributed by atoms with E-state index >= 15 is 0 Å². The van der Waals surface area contributed by atoms with Crippen molar-refractivity contribution in [3.63, 3.8) is 0 Å². The summed E-state index contributed by atoms with van der Waals surface area (Å²) < 4.78 is 19.4. The standard InChI is InChI=1S/C20H29FN2O3/c1-26-17-5-4-16(18(21)12-17)13-22-9-2-7-20(14-22)8-6-19(25)23(15-20)10-3-11-24/h4-5,12,24H,2-3,6-11,13-15H2,1H3. The first kappa shape index (κ1) is 19.1. The first-order valence-electron chi connectivity index (χ1n) is 9.49. The van der Waals surface area contributed by atoms with E-state index < -0.39 is 0 Å². The van der Waals surface area contributed by atoms with Gasteiger partial charge in [-0.25, -0.2) is 4.39 Å². The van der Waals surface area contributed by atoms with Crippen LogP contribution in [-0.4, -0.2) is 60.7 Å². The Hall–Kier alpha value is -1.66. The lowest BCUT2D eigenvalue weighted by molar-refractivity contribution is -0.139. The van der Waals surface area contributed by atoms with Crippen LogP contribution in [0, 0.1) is 11.2 Å². The maximum Gasteiger partial charge on any atom is 0.222 e. The monoisotopic (exact) mass is 364 g/mol. The fraction of sp³-hybridized carbons (Fsp3) is 0.650. The van der Waals surface area contributed by atoms with Gasteiger partial charge in [-0.05, 0) is 38.3 Å². The number of nitrogens with zero attached hydrogens (tertiary/aromatic N) is 2. The Morgan fingerprint density at radius 3 is 2.88 bits per heavy atom. The highest BCUT2D eigenvalue weighted by molar-refractivity contribution is 5.77. The largest absolute Gasteiger partial charge is 0.497 e. The number of carbonyl (C=O) groups excluding carboxylic acids is 1. The molecule has 1 unspecified atom stereocenters. The maximum absolute atomic E-state index is 14.3. The minimum atomic E-state index is -0.229. The summed E-state index contributed by atoms with van der Waals surface area (Å²) in [7, 11) is 1.54. The van der Waals surface area contributed by atoms with Crippen LogP contribution in [-0.2, 0) is 11.3 Å². The second-order valence-electron chi connectivity index (χ2n) is 7.66. The molecule has 1 aromatic rings. The molecule has 3 rings (SSSR count). The number of carbonyl (C=O) groups is 1. The van der Waals surface area contributed by atoms with Gasteiger partial charge in [-0.1, -0.05) is 6.07 Å². The number of benzene rings is 1. The smallest absolute Gasteiger partial charge is 0.222 e. The summed E-state index contributed by atoms with van der Waals surface area (Å²) >= 11 is 0. The lowest BCUT2D eigenvalue weighted by atomic mass is 9.73. The number of aliphatic hydroxyl groups is 1. The number of hydrogen-bond acceptors (Lipinski definition) is 4. The number of methoxy groups -OCH3 is 1. The molecule has 2 fully saturated rings. The van der Waals surface area contributed by atoms with Crippen molar-refractivity contribution in [1.82, 2.24) is 9.80 Å². The van der Waals surface area contributed by atoms with E-state index in [-0.39, 0.29) is 23.7 Å². The van der Waals surface area contributed by atoms with Gasteiger partial charge in [0.1, 0.15) is 11.6 Å². The van der Waals surface area contributed by atoms with E-state index in [1.54, 1.807) is 12.1 Å². The predicted molar refractivity (Wildman–Crippen MR) is 97.4 cm³/mol. The summed E-state index contributed by atoms with van der Waals surface area (Å²) in [6, 6.07) is 5.03. The van der Waals surface area contributed by atoms with E-state index in [2.05, 4.69) is 4.90 Å². The molecule has 1 amide bonds. The second kappa shape index (κ2) is 8.35. The first-order valence-corrected chi connectivity index (χ1v) is 9.49. The van der Waals surface area contributed by atoms with Crippen LogP contribution in [0.4, 0.5) is 4.39 Å². The van der Waals surface area contributed by atoms with Crippen LogP contribution in [0.3, 0.4) is 0 Å². The zero-order valence-electron chi connectivity index (χ0n) is 15.5. The quantitative estimate of drug-likeness (QED) is 0.842. The molecular formula is C20H29FN2O3. The van der Waals surface area contributed by atoms with Crippen molar-refractivity contribution >= 4 is 5.91 Å². The average molecular weight is 364 g/mol. The van der Waals surface area contributed by atoms with Crippen molar-refractivity contribution in [2.45, 2.75) is 38.6 Å². The van der Waals surface area contributed by atoms with Gasteiger partial charge in [-0.15, -0.1) is 0 Å². The Bertz CT molecular complexity index is 639. The van der Waals surface area contributed by atoms with Crippen LogP contribution in [0.2, 0.25) is 0 Å². The molecule has 1 spiro atoms. The van der Waals surface area contributed by atoms with Crippen molar-refractivity contribution in [2.75, 3.05) is 39.9 Å². The summed E-state index contributed by atoms with van der Waals surface area (Å²) in [5, 5.41) is 9.06. The third-order valence-electron chi connectivity index (χ3n) is 5.73. The SMILES string of the molecule is COc1ccc(CN2CCCC3(CCC(=O)N(CCCO)C3)C2)c(F)c1. The molecule has 1 N–H and O–H groups in total. The van der Waals surface area contributed by atoms with E-state index in [1.807, 2.05) is 4.90 Å². The number of piperidine rings is 2. The van der Waals surface area contributed by atoms with Crippen molar-refractivity contribution < 1.29 is 19.0 Å². The van der Waals surface area contributed by atoms with Gasteiger partial charge >= 0.3 is 0 Å². The molecule has 2 aliphatic heterocycles. The fourth-order valence-electron chi connectivity index (χ4n) is 4.37. The molecule has 0 bridgehead atoms. The predicted octanol–water partition coefficient (Wildman–Crippen LogP) is 2.42. The Kier molecular flexibility index (Phi) is 6.14. The highest BCUT2D eigenvalue weighted by Crippen LogP contribution is 2.39. The zero-order valence-corrected chi connectivity index (χ0v) is 15.5. The third-order valence-corrected chi connectivity index (χ3v) is 5.73. The normalized spacial score (nSPS) is 24.3. The summed E-state index contributed by atoms with van der Waals surface area (Å²) in [4.78, 5) is 16.4. The van der Waals surface area contributed by atoms with Crippen molar-refractivity contribution in [3.05, 3.63) is 29.6 Å². The Balaban J connectivity index is 1.66. The lowest BCUT2D eigenvalue weighted by Crippen LogP contribution is -2.54. The molecule has 2 heterocycles. The maximum atomic E-state index is 14.3. The zero-order chi connectivity index (χ0) is 18.6.